The fourth-order valence-electron chi connectivity index (χ4n) is 4.13. The van der Waals surface area contributed by atoms with Crippen molar-refractivity contribution in [1.82, 2.24) is 4.90 Å². The first-order chi connectivity index (χ1) is 14.6. The van der Waals surface area contributed by atoms with Gasteiger partial charge in [0, 0.05) is 17.8 Å². The SMILES string of the molecule is O=C([C@@H]1CN(C(=O)c2cc3cc(F)ccc3s2)c2ccccc2O1)N1CCCCC1. The summed E-state index contributed by atoms with van der Waals surface area (Å²) in [4.78, 5) is 30.5. The fourth-order valence-corrected chi connectivity index (χ4v) is 5.12. The van der Waals surface area contributed by atoms with Gasteiger partial charge in [-0.1, -0.05) is 12.1 Å². The first kappa shape index (κ1) is 19.1. The molecule has 0 radical (unpaired) electrons. The largest absolute Gasteiger partial charge is 0.476 e. The molecule has 2 amide bonds. The van der Waals surface area contributed by atoms with Gasteiger partial charge in [0.1, 0.15) is 11.6 Å². The molecule has 0 aliphatic carbocycles. The number of carbonyl (C=O) groups excluding carboxylic acids is 2. The number of benzene rings is 2. The number of ether oxygens (including phenoxy) is 1. The molecule has 154 valence electrons. The molecule has 5 rings (SSSR count). The molecule has 0 bridgehead atoms. The highest BCUT2D eigenvalue weighted by Crippen LogP contribution is 2.36. The summed E-state index contributed by atoms with van der Waals surface area (Å²) in [5, 5.41) is 0.700. The third kappa shape index (κ3) is 3.43. The summed E-state index contributed by atoms with van der Waals surface area (Å²) in [6, 6.07) is 13.5. The quantitative estimate of drug-likeness (QED) is 0.610. The molecule has 7 heteroatoms. The van der Waals surface area contributed by atoms with E-state index in [0.29, 0.717) is 21.7 Å². The van der Waals surface area contributed by atoms with Gasteiger partial charge in [-0.2, -0.15) is 0 Å². The smallest absolute Gasteiger partial charge is 0.268 e. The van der Waals surface area contributed by atoms with Crippen molar-refractivity contribution in [3.05, 3.63) is 59.2 Å². The molecule has 0 spiro atoms. The lowest BCUT2D eigenvalue weighted by atomic mass is 10.1. The highest BCUT2D eigenvalue weighted by Gasteiger charge is 2.37. The number of amides is 2. The van der Waals surface area contributed by atoms with Crippen LogP contribution in [0.3, 0.4) is 0 Å². The molecule has 1 aromatic heterocycles. The number of halogens is 1. The van der Waals surface area contributed by atoms with E-state index in [9.17, 15) is 14.0 Å². The molecule has 1 atom stereocenters. The second-order valence-electron chi connectivity index (χ2n) is 7.67. The van der Waals surface area contributed by atoms with Crippen LogP contribution >= 0.6 is 11.3 Å². The molecule has 2 aromatic carbocycles. The Hall–Kier alpha value is -2.93. The third-order valence-corrected chi connectivity index (χ3v) is 6.76. The van der Waals surface area contributed by atoms with Gasteiger partial charge in [0.15, 0.2) is 6.10 Å². The molecule has 1 fully saturated rings. The van der Waals surface area contributed by atoms with Gasteiger partial charge in [-0.05, 0) is 61.0 Å². The zero-order chi connectivity index (χ0) is 20.7. The molecule has 2 aliphatic heterocycles. The van der Waals surface area contributed by atoms with E-state index in [1.807, 2.05) is 23.1 Å². The number of anilines is 1. The van der Waals surface area contributed by atoms with Gasteiger partial charge in [-0.25, -0.2) is 4.39 Å². The molecule has 5 nitrogen and oxygen atoms in total. The van der Waals surface area contributed by atoms with Crippen molar-refractivity contribution in [2.45, 2.75) is 25.4 Å². The van der Waals surface area contributed by atoms with E-state index in [0.717, 1.165) is 37.1 Å². The zero-order valence-corrected chi connectivity index (χ0v) is 17.2. The number of nitrogens with zero attached hydrogens (tertiary/aromatic N) is 2. The highest BCUT2D eigenvalue weighted by atomic mass is 32.1. The van der Waals surface area contributed by atoms with E-state index in [1.165, 1.54) is 23.5 Å². The lowest BCUT2D eigenvalue weighted by Gasteiger charge is -2.37. The van der Waals surface area contributed by atoms with Gasteiger partial charge in [0.25, 0.3) is 11.8 Å². The topological polar surface area (TPSA) is 49.9 Å². The Morgan fingerprint density at radius 3 is 2.67 bits per heavy atom. The summed E-state index contributed by atoms with van der Waals surface area (Å²) in [6.45, 7) is 1.63. The Bertz CT molecular complexity index is 1120. The standard InChI is InChI=1S/C23H21FN2O3S/c24-16-8-9-20-15(12-16)13-21(30-20)23(28)26-14-19(22(27)25-10-4-1-5-11-25)29-18-7-3-2-6-17(18)26/h2-3,6-9,12-13,19H,1,4-5,10-11,14H2/t19-/m0/s1. The number of hydrogen-bond donors (Lipinski definition) is 0. The van der Waals surface area contributed by atoms with Crippen LogP contribution < -0.4 is 9.64 Å². The number of piperidine rings is 1. The molecular formula is C23H21FN2O3S. The van der Waals surface area contributed by atoms with Crippen molar-refractivity contribution in [3.8, 4) is 5.75 Å². The predicted molar refractivity (Wildman–Crippen MR) is 115 cm³/mol. The third-order valence-electron chi connectivity index (χ3n) is 5.65. The van der Waals surface area contributed by atoms with E-state index >= 15 is 0 Å². The van der Waals surface area contributed by atoms with Crippen LogP contribution in [0.5, 0.6) is 5.75 Å². The van der Waals surface area contributed by atoms with Crippen LogP contribution in [0, 0.1) is 5.82 Å². The van der Waals surface area contributed by atoms with Crippen molar-refractivity contribution in [2.75, 3.05) is 24.5 Å². The average Bonchev–Trinajstić information content (AvgIpc) is 3.21. The molecule has 30 heavy (non-hydrogen) atoms. The maximum absolute atomic E-state index is 13.6. The second kappa shape index (κ2) is 7.72. The molecule has 0 unspecified atom stereocenters. The molecule has 0 N–H and O–H groups in total. The molecule has 3 aromatic rings. The summed E-state index contributed by atoms with van der Waals surface area (Å²) in [6.07, 6.45) is 2.40. The van der Waals surface area contributed by atoms with Crippen LogP contribution in [0.4, 0.5) is 10.1 Å². The molecule has 3 heterocycles. The number of rotatable bonds is 2. The van der Waals surface area contributed by atoms with Crippen molar-refractivity contribution in [2.24, 2.45) is 0 Å². The normalized spacial score (nSPS) is 18.8. The van der Waals surface area contributed by atoms with Crippen LogP contribution in [0.15, 0.2) is 48.5 Å². The highest BCUT2D eigenvalue weighted by molar-refractivity contribution is 7.20. The number of likely N-dealkylation sites (tertiary alicyclic amines) is 1. The average molecular weight is 424 g/mol. The molecule has 0 saturated carbocycles. The maximum atomic E-state index is 13.6. The minimum atomic E-state index is -0.728. The van der Waals surface area contributed by atoms with Crippen molar-refractivity contribution in [3.63, 3.8) is 0 Å². The number of hydrogen-bond acceptors (Lipinski definition) is 4. The lowest BCUT2D eigenvalue weighted by molar-refractivity contribution is -0.139. The van der Waals surface area contributed by atoms with Crippen LogP contribution in [-0.4, -0.2) is 42.5 Å². The van der Waals surface area contributed by atoms with E-state index < -0.39 is 6.10 Å². The Morgan fingerprint density at radius 1 is 1.03 bits per heavy atom. The van der Waals surface area contributed by atoms with E-state index in [2.05, 4.69) is 0 Å². The van der Waals surface area contributed by atoms with Crippen molar-refractivity contribution in [1.29, 1.82) is 0 Å². The summed E-state index contributed by atoms with van der Waals surface area (Å²) >= 11 is 1.33. The number of para-hydroxylation sites is 2. The summed E-state index contributed by atoms with van der Waals surface area (Å²) in [5.74, 6) is -0.0768. The Kier molecular flexibility index (Phi) is 4.90. The minimum absolute atomic E-state index is 0.0691. The van der Waals surface area contributed by atoms with Gasteiger partial charge < -0.3 is 9.64 Å². The molecular weight excluding hydrogens is 403 g/mol. The molecule has 2 aliphatic rings. The zero-order valence-electron chi connectivity index (χ0n) is 16.3. The van der Waals surface area contributed by atoms with Gasteiger partial charge >= 0.3 is 0 Å². The summed E-state index contributed by atoms with van der Waals surface area (Å²) < 4.78 is 20.4. The molecule has 1 saturated heterocycles. The van der Waals surface area contributed by atoms with Crippen LogP contribution in [0.25, 0.3) is 10.1 Å². The number of fused-ring (bicyclic) bond motifs is 2. The second-order valence-corrected chi connectivity index (χ2v) is 8.75. The van der Waals surface area contributed by atoms with Gasteiger partial charge in [-0.3, -0.25) is 14.5 Å². The van der Waals surface area contributed by atoms with Gasteiger partial charge in [0.05, 0.1) is 17.1 Å². The monoisotopic (exact) mass is 424 g/mol. The Balaban J connectivity index is 1.47. The predicted octanol–water partition coefficient (Wildman–Crippen LogP) is 4.46. The van der Waals surface area contributed by atoms with Crippen molar-refractivity contribution >= 4 is 38.9 Å². The van der Waals surface area contributed by atoms with E-state index in [4.69, 9.17) is 4.74 Å². The minimum Gasteiger partial charge on any atom is -0.476 e. The van der Waals surface area contributed by atoms with Crippen LogP contribution in [-0.2, 0) is 4.79 Å². The Labute approximate surface area is 177 Å². The number of carbonyl (C=O) groups is 2. The maximum Gasteiger partial charge on any atom is 0.268 e. The van der Waals surface area contributed by atoms with Crippen molar-refractivity contribution < 1.29 is 18.7 Å². The van der Waals surface area contributed by atoms with Gasteiger partial charge in [-0.15, -0.1) is 11.3 Å². The fraction of sp³-hybridized carbons (Fsp3) is 0.304. The van der Waals surface area contributed by atoms with Crippen LogP contribution in [0.1, 0.15) is 28.9 Å². The van der Waals surface area contributed by atoms with Crippen LogP contribution in [0.2, 0.25) is 0 Å². The van der Waals surface area contributed by atoms with E-state index in [-0.39, 0.29) is 24.2 Å². The first-order valence-electron chi connectivity index (χ1n) is 10.2. The van der Waals surface area contributed by atoms with Gasteiger partial charge in [0.2, 0.25) is 0 Å². The number of thiophene rings is 1. The van der Waals surface area contributed by atoms with E-state index in [1.54, 1.807) is 23.1 Å². The summed E-state index contributed by atoms with van der Waals surface area (Å²) in [5.41, 5.74) is 0.647. The summed E-state index contributed by atoms with van der Waals surface area (Å²) in [7, 11) is 0. The Morgan fingerprint density at radius 2 is 1.83 bits per heavy atom. The lowest BCUT2D eigenvalue weighted by Crippen LogP contribution is -2.52. The first-order valence-corrected chi connectivity index (χ1v) is 11.0.